The van der Waals surface area contributed by atoms with Crippen LogP contribution in [0.1, 0.15) is 26.3 Å². The summed E-state index contributed by atoms with van der Waals surface area (Å²) in [4.78, 5) is 49.1. The van der Waals surface area contributed by atoms with Gasteiger partial charge in [-0.15, -0.1) is 0 Å². The highest BCUT2D eigenvalue weighted by atomic mass is 16.5. The van der Waals surface area contributed by atoms with E-state index in [1.165, 1.54) is 0 Å². The molecular weight excluding hydrogens is 322 g/mol. The molecule has 3 rings (SSSR count). The molecule has 0 atom stereocenters. The van der Waals surface area contributed by atoms with Gasteiger partial charge in [0.2, 0.25) is 5.91 Å². The number of esters is 1. The van der Waals surface area contributed by atoms with Gasteiger partial charge in [0, 0.05) is 11.1 Å². The van der Waals surface area contributed by atoms with Crippen LogP contribution in [0.4, 0.5) is 0 Å². The van der Waals surface area contributed by atoms with E-state index in [1.54, 1.807) is 54.6 Å². The fourth-order valence-electron chi connectivity index (χ4n) is 2.59. The van der Waals surface area contributed by atoms with E-state index >= 15 is 0 Å². The Labute approximate surface area is 144 Å². The minimum absolute atomic E-state index is 0.0537. The lowest BCUT2D eigenvalue weighted by molar-refractivity contribution is -0.146. The monoisotopic (exact) mass is 337 g/mol. The second-order valence-corrected chi connectivity index (χ2v) is 5.57. The van der Waals surface area contributed by atoms with Crippen molar-refractivity contribution in [1.29, 1.82) is 0 Å². The molecule has 0 unspecified atom stereocenters. The van der Waals surface area contributed by atoms with Crippen LogP contribution < -0.4 is 0 Å². The number of fused-ring (bicyclic) bond motifs is 1. The summed E-state index contributed by atoms with van der Waals surface area (Å²) < 4.78 is 4.91. The Morgan fingerprint density at radius 2 is 1.64 bits per heavy atom. The molecule has 0 saturated heterocycles. The summed E-state index contributed by atoms with van der Waals surface area (Å²) >= 11 is 0. The number of amides is 2. The van der Waals surface area contributed by atoms with E-state index in [0.717, 1.165) is 4.90 Å². The molecule has 2 aromatic carbocycles. The number of rotatable bonds is 5. The number of benzene rings is 2. The SMILES string of the molecule is O=C(CN1C(=O)Cc2ccccc2C1=O)OCC(=O)c1ccccc1. The lowest BCUT2D eigenvalue weighted by Gasteiger charge is -2.25. The van der Waals surface area contributed by atoms with Gasteiger partial charge in [0.1, 0.15) is 6.54 Å². The van der Waals surface area contributed by atoms with Crippen molar-refractivity contribution in [2.75, 3.05) is 13.2 Å². The Kier molecular flexibility index (Phi) is 4.70. The van der Waals surface area contributed by atoms with Crippen molar-refractivity contribution in [1.82, 2.24) is 4.90 Å². The summed E-state index contributed by atoms with van der Waals surface area (Å²) in [7, 11) is 0. The summed E-state index contributed by atoms with van der Waals surface area (Å²) in [6, 6.07) is 15.2. The first kappa shape index (κ1) is 16.6. The Morgan fingerprint density at radius 3 is 2.40 bits per heavy atom. The van der Waals surface area contributed by atoms with Crippen molar-refractivity contribution in [2.45, 2.75) is 6.42 Å². The fraction of sp³-hybridized carbons (Fsp3) is 0.158. The van der Waals surface area contributed by atoms with E-state index in [0.29, 0.717) is 16.7 Å². The number of carbonyl (C=O) groups is 4. The van der Waals surface area contributed by atoms with Gasteiger partial charge in [-0.1, -0.05) is 48.5 Å². The summed E-state index contributed by atoms with van der Waals surface area (Å²) in [6.07, 6.45) is 0.0537. The van der Waals surface area contributed by atoms with Crippen molar-refractivity contribution < 1.29 is 23.9 Å². The molecule has 2 amide bonds. The van der Waals surface area contributed by atoms with E-state index < -0.39 is 30.9 Å². The van der Waals surface area contributed by atoms with Gasteiger partial charge in [0.25, 0.3) is 5.91 Å². The van der Waals surface area contributed by atoms with Gasteiger partial charge >= 0.3 is 5.97 Å². The van der Waals surface area contributed by atoms with Crippen LogP contribution >= 0.6 is 0 Å². The lowest BCUT2D eigenvalue weighted by atomic mass is 9.98. The van der Waals surface area contributed by atoms with Gasteiger partial charge in [0.15, 0.2) is 12.4 Å². The van der Waals surface area contributed by atoms with Crippen LogP contribution in [0.3, 0.4) is 0 Å². The topological polar surface area (TPSA) is 80.8 Å². The maximum absolute atomic E-state index is 12.4. The molecule has 0 radical (unpaired) electrons. The zero-order valence-corrected chi connectivity index (χ0v) is 13.3. The first-order valence-electron chi connectivity index (χ1n) is 7.72. The highest BCUT2D eigenvalue weighted by Gasteiger charge is 2.32. The van der Waals surface area contributed by atoms with E-state index in [1.807, 2.05) is 0 Å². The molecule has 0 aliphatic carbocycles. The van der Waals surface area contributed by atoms with Crippen LogP contribution in [-0.2, 0) is 20.7 Å². The van der Waals surface area contributed by atoms with Crippen LogP contribution in [0.25, 0.3) is 0 Å². The number of hydrogen-bond acceptors (Lipinski definition) is 5. The van der Waals surface area contributed by atoms with Crippen molar-refractivity contribution in [3.63, 3.8) is 0 Å². The second-order valence-electron chi connectivity index (χ2n) is 5.57. The number of ketones is 1. The minimum atomic E-state index is -0.801. The molecule has 0 spiro atoms. The third kappa shape index (κ3) is 3.63. The molecule has 25 heavy (non-hydrogen) atoms. The Bertz CT molecular complexity index is 844. The van der Waals surface area contributed by atoms with Crippen LogP contribution in [-0.4, -0.2) is 41.6 Å². The summed E-state index contributed by atoms with van der Waals surface area (Å²) in [6.45, 7) is -0.941. The number of hydrogen-bond donors (Lipinski definition) is 0. The molecule has 1 aliphatic heterocycles. The lowest BCUT2D eigenvalue weighted by Crippen LogP contribution is -2.45. The van der Waals surface area contributed by atoms with Gasteiger partial charge < -0.3 is 4.74 Å². The van der Waals surface area contributed by atoms with Gasteiger partial charge in [-0.05, 0) is 11.6 Å². The third-order valence-corrected chi connectivity index (χ3v) is 3.88. The molecular formula is C19H15NO5. The molecule has 6 nitrogen and oxygen atoms in total. The summed E-state index contributed by atoms with van der Waals surface area (Å²) in [5.41, 5.74) is 1.46. The predicted molar refractivity (Wildman–Crippen MR) is 87.9 cm³/mol. The number of Topliss-reactive ketones (excluding diaryl/α,β-unsaturated/α-hetero) is 1. The molecule has 0 saturated carbocycles. The fourth-order valence-corrected chi connectivity index (χ4v) is 2.59. The number of carbonyl (C=O) groups excluding carboxylic acids is 4. The second kappa shape index (κ2) is 7.09. The zero-order chi connectivity index (χ0) is 17.8. The van der Waals surface area contributed by atoms with E-state index in [-0.39, 0.29) is 12.2 Å². The molecule has 0 fully saturated rings. The Hall–Kier alpha value is -3.28. The van der Waals surface area contributed by atoms with Gasteiger partial charge in [-0.3, -0.25) is 24.1 Å². The first-order chi connectivity index (χ1) is 12.1. The van der Waals surface area contributed by atoms with Crippen molar-refractivity contribution in [3.05, 3.63) is 71.3 Å². The average Bonchev–Trinajstić information content (AvgIpc) is 2.64. The molecule has 1 heterocycles. The van der Waals surface area contributed by atoms with Crippen LogP contribution in [0.2, 0.25) is 0 Å². The van der Waals surface area contributed by atoms with Crippen LogP contribution in [0.5, 0.6) is 0 Å². The van der Waals surface area contributed by atoms with Gasteiger partial charge in [-0.2, -0.15) is 0 Å². The molecule has 0 N–H and O–H groups in total. The molecule has 0 bridgehead atoms. The third-order valence-electron chi connectivity index (χ3n) is 3.88. The normalized spacial score (nSPS) is 13.4. The molecule has 2 aromatic rings. The number of nitrogens with zero attached hydrogens (tertiary/aromatic N) is 1. The average molecular weight is 337 g/mol. The standard InChI is InChI=1S/C19H15NO5/c21-16(13-6-2-1-3-7-13)12-25-18(23)11-20-17(22)10-14-8-4-5-9-15(14)19(20)24/h1-9H,10-12H2. The maximum atomic E-state index is 12.4. The molecule has 126 valence electrons. The van der Waals surface area contributed by atoms with Crippen molar-refractivity contribution >= 4 is 23.6 Å². The van der Waals surface area contributed by atoms with E-state index in [4.69, 9.17) is 4.74 Å². The summed E-state index contributed by atoms with van der Waals surface area (Å²) in [5.74, 6) is -2.14. The van der Waals surface area contributed by atoms with Crippen molar-refractivity contribution in [3.8, 4) is 0 Å². The van der Waals surface area contributed by atoms with Gasteiger partial charge in [0.05, 0.1) is 6.42 Å². The minimum Gasteiger partial charge on any atom is -0.456 e. The number of ether oxygens (including phenoxy) is 1. The quantitative estimate of drug-likeness (QED) is 0.471. The summed E-state index contributed by atoms with van der Waals surface area (Å²) in [5, 5.41) is 0. The maximum Gasteiger partial charge on any atom is 0.326 e. The molecule has 1 aliphatic rings. The van der Waals surface area contributed by atoms with E-state index in [2.05, 4.69) is 0 Å². The largest absolute Gasteiger partial charge is 0.456 e. The first-order valence-corrected chi connectivity index (χ1v) is 7.72. The Balaban J connectivity index is 1.61. The van der Waals surface area contributed by atoms with Gasteiger partial charge in [-0.25, -0.2) is 0 Å². The Morgan fingerprint density at radius 1 is 0.960 bits per heavy atom. The van der Waals surface area contributed by atoms with E-state index in [9.17, 15) is 19.2 Å². The highest BCUT2D eigenvalue weighted by molar-refractivity contribution is 6.11. The zero-order valence-electron chi connectivity index (χ0n) is 13.3. The molecule has 6 heteroatoms. The van der Waals surface area contributed by atoms with Crippen LogP contribution in [0, 0.1) is 0 Å². The highest BCUT2D eigenvalue weighted by Crippen LogP contribution is 2.19. The van der Waals surface area contributed by atoms with Crippen LogP contribution in [0.15, 0.2) is 54.6 Å². The molecule has 0 aromatic heterocycles. The predicted octanol–water partition coefficient (Wildman–Crippen LogP) is 1.64. The smallest absolute Gasteiger partial charge is 0.326 e. The number of imide groups is 1. The van der Waals surface area contributed by atoms with Crippen molar-refractivity contribution in [2.24, 2.45) is 0 Å².